The molecule has 0 saturated carbocycles. The first-order chi connectivity index (χ1) is 15.3. The van der Waals surface area contributed by atoms with Gasteiger partial charge in [0.05, 0.1) is 28.9 Å². The molecule has 0 unspecified atom stereocenters. The third-order valence-corrected chi connectivity index (χ3v) is 6.97. The monoisotopic (exact) mass is 456 g/mol. The maximum atomic E-state index is 14.4. The molecule has 0 amide bonds. The van der Waals surface area contributed by atoms with Gasteiger partial charge in [-0.2, -0.15) is 0 Å². The molecule has 32 heavy (non-hydrogen) atoms. The molecule has 1 saturated heterocycles. The number of fused-ring (bicyclic) bond motifs is 1. The van der Waals surface area contributed by atoms with Crippen LogP contribution in [0.5, 0.6) is 0 Å². The van der Waals surface area contributed by atoms with E-state index in [2.05, 4.69) is 11.0 Å². The highest BCUT2D eigenvalue weighted by atomic mass is 32.2. The van der Waals surface area contributed by atoms with Crippen LogP contribution >= 0.6 is 0 Å². The van der Waals surface area contributed by atoms with Gasteiger partial charge in [0.2, 0.25) is 10.0 Å². The smallest absolute Gasteiger partial charge is 0.238 e. The predicted octanol–water partition coefficient (Wildman–Crippen LogP) is 3.78. The van der Waals surface area contributed by atoms with E-state index in [0.717, 1.165) is 42.5 Å². The van der Waals surface area contributed by atoms with Gasteiger partial charge in [0.15, 0.2) is 0 Å². The van der Waals surface area contributed by atoms with Crippen molar-refractivity contribution in [3.05, 3.63) is 95.5 Å². The molecule has 1 fully saturated rings. The maximum Gasteiger partial charge on any atom is 0.238 e. The standard InChI is InChI=1S/C23H22F2N4O2S/c24-16-3-8-22(25)21(14-16)23-2-1-11-27(23)18-9-12-29-19(15-18)10-13-28(29)17-4-6-20(7-5-17)32(26,30)31/h3-10,12,14-15,23H,1-2,11,13H2,(H2,26,30,31)/t23-/m1/s1. The van der Waals surface area contributed by atoms with Crippen molar-refractivity contribution < 1.29 is 17.2 Å². The largest absolute Gasteiger partial charge is 0.364 e. The van der Waals surface area contributed by atoms with Gasteiger partial charge in [-0.1, -0.05) is 0 Å². The number of sulfonamides is 1. The highest BCUT2D eigenvalue weighted by molar-refractivity contribution is 7.89. The molecule has 9 heteroatoms. The van der Waals surface area contributed by atoms with Crippen molar-refractivity contribution in [3.63, 3.8) is 0 Å². The van der Waals surface area contributed by atoms with Crippen LogP contribution in [0.1, 0.15) is 24.4 Å². The number of nitrogens with zero attached hydrogens (tertiary/aromatic N) is 3. The van der Waals surface area contributed by atoms with Gasteiger partial charge in [-0.15, -0.1) is 0 Å². The fourth-order valence-corrected chi connectivity index (χ4v) is 5.04. The van der Waals surface area contributed by atoms with E-state index in [4.69, 9.17) is 5.14 Å². The van der Waals surface area contributed by atoms with Crippen molar-refractivity contribution in [2.45, 2.75) is 23.8 Å². The maximum absolute atomic E-state index is 14.4. The Morgan fingerprint density at radius 2 is 1.81 bits per heavy atom. The number of primary sulfonamides is 1. The molecule has 0 radical (unpaired) electrons. The quantitative estimate of drug-likeness (QED) is 0.758. The van der Waals surface area contributed by atoms with Gasteiger partial charge in [-0.05, 0) is 73.5 Å². The second-order valence-electron chi connectivity index (χ2n) is 8.00. The van der Waals surface area contributed by atoms with E-state index in [-0.39, 0.29) is 16.8 Å². The van der Waals surface area contributed by atoms with Crippen LogP contribution < -0.4 is 10.1 Å². The van der Waals surface area contributed by atoms with Gasteiger partial charge in [-0.25, -0.2) is 22.3 Å². The number of allylic oxidation sites excluding steroid dienone is 2. The number of likely N-dealkylation sites (tertiary alicyclic amines) is 1. The van der Waals surface area contributed by atoms with E-state index in [1.807, 2.05) is 28.4 Å². The Balaban J connectivity index is 1.37. The van der Waals surface area contributed by atoms with Crippen LogP contribution in [0.15, 0.2) is 83.2 Å². The number of nitrogens with two attached hydrogens (primary N) is 1. The lowest BCUT2D eigenvalue weighted by Crippen LogP contribution is -2.35. The average Bonchev–Trinajstić information content (AvgIpc) is 3.41. The summed E-state index contributed by atoms with van der Waals surface area (Å²) in [5.74, 6) is -0.824. The van der Waals surface area contributed by atoms with E-state index in [0.29, 0.717) is 12.1 Å². The molecule has 0 aliphatic carbocycles. The first-order valence-corrected chi connectivity index (χ1v) is 11.9. The second-order valence-corrected chi connectivity index (χ2v) is 9.56. The molecule has 3 heterocycles. The molecule has 1 atom stereocenters. The Hall–Kier alpha value is -3.17. The van der Waals surface area contributed by atoms with Gasteiger partial charge >= 0.3 is 0 Å². The minimum absolute atomic E-state index is 0.0645. The first kappa shape index (κ1) is 20.7. The molecular formula is C23H22F2N4O2S. The number of benzene rings is 2. The van der Waals surface area contributed by atoms with E-state index in [9.17, 15) is 17.2 Å². The van der Waals surface area contributed by atoms with Crippen LogP contribution in [0, 0.1) is 11.6 Å². The zero-order valence-electron chi connectivity index (χ0n) is 17.2. The van der Waals surface area contributed by atoms with Crippen LogP contribution in [0.4, 0.5) is 14.5 Å². The van der Waals surface area contributed by atoms with Gasteiger partial charge in [0.25, 0.3) is 0 Å². The van der Waals surface area contributed by atoms with Crippen molar-refractivity contribution in [1.82, 2.24) is 9.91 Å². The van der Waals surface area contributed by atoms with Gasteiger partial charge in [-0.3, -0.25) is 10.0 Å². The van der Waals surface area contributed by atoms with Crippen LogP contribution in [0.2, 0.25) is 0 Å². The number of hydrogen-bond acceptors (Lipinski definition) is 5. The van der Waals surface area contributed by atoms with Gasteiger partial charge in [0.1, 0.15) is 11.6 Å². The zero-order valence-corrected chi connectivity index (χ0v) is 18.0. The van der Waals surface area contributed by atoms with Crippen molar-refractivity contribution in [2.75, 3.05) is 18.1 Å². The molecule has 3 aliphatic rings. The molecule has 3 aliphatic heterocycles. The Morgan fingerprint density at radius 3 is 2.56 bits per heavy atom. The number of rotatable bonds is 4. The second kappa shape index (κ2) is 7.75. The lowest BCUT2D eigenvalue weighted by atomic mass is 10.0. The minimum Gasteiger partial charge on any atom is -0.364 e. The van der Waals surface area contributed by atoms with Crippen LogP contribution in [-0.4, -0.2) is 31.4 Å². The molecule has 6 nitrogen and oxygen atoms in total. The summed E-state index contributed by atoms with van der Waals surface area (Å²) in [7, 11) is -3.74. The first-order valence-electron chi connectivity index (χ1n) is 10.3. The normalized spacial score (nSPS) is 20.5. The predicted molar refractivity (Wildman–Crippen MR) is 117 cm³/mol. The summed E-state index contributed by atoms with van der Waals surface area (Å²) in [6.45, 7) is 1.38. The van der Waals surface area contributed by atoms with Crippen molar-refractivity contribution in [1.29, 1.82) is 0 Å². The number of hydrogen-bond donors (Lipinski definition) is 1. The lowest BCUT2D eigenvalue weighted by Gasteiger charge is -2.35. The fourth-order valence-electron chi connectivity index (χ4n) is 4.52. The molecule has 2 aromatic carbocycles. The van der Waals surface area contributed by atoms with Crippen LogP contribution in [0.3, 0.4) is 0 Å². The van der Waals surface area contributed by atoms with Crippen molar-refractivity contribution in [3.8, 4) is 0 Å². The summed E-state index contributed by atoms with van der Waals surface area (Å²) in [5.41, 5.74) is 3.12. The third kappa shape index (κ3) is 3.67. The molecule has 2 aromatic rings. The SMILES string of the molecule is NS(=O)(=O)c1ccc(N2CC=C3C=C(N4CCC[C@@H]4c4cc(F)ccc4F)C=CN32)cc1. The molecule has 2 N–H and O–H groups in total. The zero-order chi connectivity index (χ0) is 22.5. The minimum atomic E-state index is -3.74. The summed E-state index contributed by atoms with van der Waals surface area (Å²) in [4.78, 5) is 2.19. The third-order valence-electron chi connectivity index (χ3n) is 6.05. The molecule has 0 bridgehead atoms. The van der Waals surface area contributed by atoms with Gasteiger partial charge < -0.3 is 4.90 Å². The molecular weight excluding hydrogens is 434 g/mol. The highest BCUT2D eigenvalue weighted by Crippen LogP contribution is 2.39. The number of anilines is 1. The summed E-state index contributed by atoms with van der Waals surface area (Å²) < 4.78 is 51.2. The Morgan fingerprint density at radius 1 is 1.03 bits per heavy atom. The number of hydrazine groups is 1. The highest BCUT2D eigenvalue weighted by Gasteiger charge is 2.32. The molecule has 0 aromatic heterocycles. The van der Waals surface area contributed by atoms with E-state index >= 15 is 0 Å². The summed E-state index contributed by atoms with van der Waals surface area (Å²) in [6.07, 6.45) is 9.65. The lowest BCUT2D eigenvalue weighted by molar-refractivity contribution is 0.322. The molecule has 0 spiro atoms. The topological polar surface area (TPSA) is 69.9 Å². The summed E-state index contributed by atoms with van der Waals surface area (Å²) >= 11 is 0. The Labute approximate surface area is 185 Å². The average molecular weight is 457 g/mol. The summed E-state index contributed by atoms with van der Waals surface area (Å²) in [5, 5.41) is 9.16. The van der Waals surface area contributed by atoms with E-state index < -0.39 is 15.8 Å². The van der Waals surface area contributed by atoms with E-state index in [1.54, 1.807) is 12.1 Å². The van der Waals surface area contributed by atoms with Crippen LogP contribution in [0.25, 0.3) is 0 Å². The van der Waals surface area contributed by atoms with Crippen molar-refractivity contribution in [2.24, 2.45) is 5.14 Å². The Kier molecular flexibility index (Phi) is 5.02. The summed E-state index contributed by atoms with van der Waals surface area (Å²) in [6, 6.07) is 9.81. The van der Waals surface area contributed by atoms with E-state index in [1.165, 1.54) is 24.3 Å². The fraction of sp³-hybridized carbons (Fsp3) is 0.217. The number of halogens is 2. The van der Waals surface area contributed by atoms with Crippen molar-refractivity contribution >= 4 is 15.7 Å². The molecule has 166 valence electrons. The van der Waals surface area contributed by atoms with Crippen LogP contribution in [-0.2, 0) is 10.0 Å². The molecule has 5 rings (SSSR count). The Bertz CT molecular complexity index is 1260. The van der Waals surface area contributed by atoms with Gasteiger partial charge in [0, 0.05) is 24.0 Å².